The van der Waals surface area contributed by atoms with Crippen LogP contribution in [0.15, 0.2) is 23.1 Å². The van der Waals surface area contributed by atoms with Crippen LogP contribution in [0.4, 0.5) is 26.7 Å². The lowest BCUT2D eigenvalue weighted by Gasteiger charge is -2.15. The Bertz CT molecular complexity index is 1040. The Labute approximate surface area is 155 Å². The third-order valence-electron chi connectivity index (χ3n) is 3.32. The van der Waals surface area contributed by atoms with Crippen LogP contribution in [0.25, 0.3) is 11.1 Å². The van der Waals surface area contributed by atoms with E-state index in [-0.39, 0.29) is 6.07 Å². The topological polar surface area (TPSA) is 66.5 Å². The SMILES string of the molecule is CN(C)C(=O)NS(=O)(=O)c1cc(-c2c(F)cc(F)c(F)c2F)c(F)cc1Cl. The lowest BCUT2D eigenvalue weighted by atomic mass is 10.0. The Morgan fingerprint density at radius 1 is 0.963 bits per heavy atom. The fourth-order valence-corrected chi connectivity index (χ4v) is 3.57. The summed E-state index contributed by atoms with van der Waals surface area (Å²) in [6, 6.07) is -0.292. The molecule has 0 aliphatic carbocycles. The van der Waals surface area contributed by atoms with E-state index in [4.69, 9.17) is 11.6 Å². The van der Waals surface area contributed by atoms with Crippen LogP contribution in [0.5, 0.6) is 0 Å². The number of rotatable bonds is 3. The van der Waals surface area contributed by atoms with Crippen LogP contribution in [-0.4, -0.2) is 33.4 Å². The minimum absolute atomic E-state index is 0.0240. The maximum absolute atomic E-state index is 14.2. The molecule has 0 heterocycles. The van der Waals surface area contributed by atoms with Crippen molar-refractivity contribution >= 4 is 27.7 Å². The van der Waals surface area contributed by atoms with Crippen molar-refractivity contribution in [2.45, 2.75) is 4.90 Å². The molecule has 0 spiro atoms. The number of carbonyl (C=O) groups excluding carboxylic acids is 1. The predicted molar refractivity (Wildman–Crippen MR) is 86.1 cm³/mol. The third-order valence-corrected chi connectivity index (χ3v) is 5.11. The molecule has 2 amide bonds. The molecular weight excluding hydrogens is 419 g/mol. The summed E-state index contributed by atoms with van der Waals surface area (Å²) < 4.78 is 94.7. The number of urea groups is 1. The molecule has 0 aliphatic heterocycles. The summed E-state index contributed by atoms with van der Waals surface area (Å²) in [5.74, 6) is -9.07. The first-order valence-electron chi connectivity index (χ1n) is 6.93. The fourth-order valence-electron chi connectivity index (χ4n) is 2.00. The number of nitrogens with zero attached hydrogens (tertiary/aromatic N) is 1. The summed E-state index contributed by atoms with van der Waals surface area (Å²) >= 11 is 5.67. The van der Waals surface area contributed by atoms with Gasteiger partial charge < -0.3 is 4.90 Å². The zero-order chi connectivity index (χ0) is 20.7. The Balaban J connectivity index is 2.72. The second-order valence-corrected chi connectivity index (χ2v) is 7.47. The number of benzene rings is 2. The van der Waals surface area contributed by atoms with Gasteiger partial charge in [0, 0.05) is 25.7 Å². The zero-order valence-corrected chi connectivity index (χ0v) is 15.2. The van der Waals surface area contributed by atoms with Crippen molar-refractivity contribution in [1.29, 1.82) is 0 Å². The van der Waals surface area contributed by atoms with Crippen LogP contribution in [-0.2, 0) is 10.0 Å². The lowest BCUT2D eigenvalue weighted by molar-refractivity contribution is 0.223. The van der Waals surface area contributed by atoms with Crippen LogP contribution >= 0.6 is 11.6 Å². The highest BCUT2D eigenvalue weighted by Crippen LogP contribution is 2.35. The average molecular weight is 429 g/mol. The molecule has 5 nitrogen and oxygen atoms in total. The fraction of sp³-hybridized carbons (Fsp3) is 0.133. The van der Waals surface area contributed by atoms with E-state index in [1.165, 1.54) is 14.1 Å². The molecule has 2 aromatic rings. The molecule has 2 aromatic carbocycles. The lowest BCUT2D eigenvalue weighted by Crippen LogP contribution is -2.38. The number of carbonyl (C=O) groups is 1. The molecule has 1 N–H and O–H groups in total. The van der Waals surface area contributed by atoms with Crippen LogP contribution < -0.4 is 4.72 Å². The van der Waals surface area contributed by atoms with E-state index in [9.17, 15) is 35.2 Å². The number of sulfonamides is 1. The minimum atomic E-state index is -4.68. The highest BCUT2D eigenvalue weighted by atomic mass is 35.5. The van der Waals surface area contributed by atoms with Crippen molar-refractivity contribution in [3.05, 3.63) is 52.3 Å². The quantitative estimate of drug-likeness (QED) is 0.461. The van der Waals surface area contributed by atoms with E-state index < -0.39 is 66.2 Å². The summed E-state index contributed by atoms with van der Waals surface area (Å²) in [6.45, 7) is 0. The maximum atomic E-state index is 14.2. The molecule has 0 saturated carbocycles. The first kappa shape index (κ1) is 20.9. The summed E-state index contributed by atoms with van der Waals surface area (Å²) in [4.78, 5) is 11.5. The van der Waals surface area contributed by atoms with E-state index in [1.807, 2.05) is 0 Å². The Morgan fingerprint density at radius 2 is 1.56 bits per heavy atom. The largest absolute Gasteiger partial charge is 0.330 e. The van der Waals surface area contributed by atoms with Gasteiger partial charge in [-0.1, -0.05) is 11.6 Å². The number of nitrogens with one attached hydrogen (secondary N) is 1. The minimum Gasteiger partial charge on any atom is -0.330 e. The highest BCUT2D eigenvalue weighted by Gasteiger charge is 2.28. The Morgan fingerprint density at radius 3 is 2.11 bits per heavy atom. The average Bonchev–Trinajstić information content (AvgIpc) is 2.53. The van der Waals surface area contributed by atoms with Crippen molar-refractivity contribution in [2.75, 3.05) is 14.1 Å². The molecule has 12 heteroatoms. The van der Waals surface area contributed by atoms with Gasteiger partial charge in [0.1, 0.15) is 16.5 Å². The molecule has 146 valence electrons. The second kappa shape index (κ2) is 7.31. The van der Waals surface area contributed by atoms with Gasteiger partial charge in [-0.25, -0.2) is 39.9 Å². The molecule has 2 rings (SSSR count). The first-order valence-corrected chi connectivity index (χ1v) is 8.79. The Hall–Kier alpha value is -2.40. The molecule has 27 heavy (non-hydrogen) atoms. The second-order valence-electron chi connectivity index (χ2n) is 5.41. The summed E-state index contributed by atoms with van der Waals surface area (Å²) in [5, 5.41) is -0.710. The van der Waals surface area contributed by atoms with E-state index >= 15 is 0 Å². The number of amides is 2. The summed E-state index contributed by atoms with van der Waals surface area (Å²) in [5.41, 5.74) is -2.37. The molecule has 0 unspecified atom stereocenters. The summed E-state index contributed by atoms with van der Waals surface area (Å²) in [6.07, 6.45) is 0. The molecule has 0 aliphatic rings. The van der Waals surface area contributed by atoms with Crippen LogP contribution in [0.1, 0.15) is 0 Å². The predicted octanol–water partition coefficient (Wildman–Crippen LogP) is 3.66. The number of hydrogen-bond donors (Lipinski definition) is 1. The molecule has 0 aromatic heterocycles. The van der Waals surface area contributed by atoms with Crippen molar-refractivity contribution in [3.63, 3.8) is 0 Å². The molecule has 0 bridgehead atoms. The van der Waals surface area contributed by atoms with Crippen LogP contribution in [0.2, 0.25) is 5.02 Å². The van der Waals surface area contributed by atoms with Gasteiger partial charge in [0.05, 0.1) is 10.6 Å². The van der Waals surface area contributed by atoms with Crippen molar-refractivity contribution in [3.8, 4) is 11.1 Å². The molecule has 0 radical (unpaired) electrons. The van der Waals surface area contributed by atoms with Gasteiger partial charge in [-0.2, -0.15) is 0 Å². The van der Waals surface area contributed by atoms with Gasteiger partial charge in [-0.05, 0) is 12.1 Å². The van der Waals surface area contributed by atoms with Crippen LogP contribution in [0.3, 0.4) is 0 Å². The monoisotopic (exact) mass is 428 g/mol. The van der Waals surface area contributed by atoms with Gasteiger partial charge in [0.2, 0.25) is 0 Å². The zero-order valence-electron chi connectivity index (χ0n) is 13.6. The number of halogens is 6. The van der Waals surface area contributed by atoms with Gasteiger partial charge in [0.15, 0.2) is 17.5 Å². The van der Waals surface area contributed by atoms with E-state index in [0.717, 1.165) is 4.90 Å². The maximum Gasteiger partial charge on any atom is 0.330 e. The van der Waals surface area contributed by atoms with Crippen molar-refractivity contribution in [2.24, 2.45) is 0 Å². The van der Waals surface area contributed by atoms with Crippen LogP contribution in [0, 0.1) is 29.1 Å². The van der Waals surface area contributed by atoms with Gasteiger partial charge in [-0.15, -0.1) is 0 Å². The van der Waals surface area contributed by atoms with Crippen molar-refractivity contribution in [1.82, 2.24) is 9.62 Å². The Kier molecular flexibility index (Phi) is 5.66. The van der Waals surface area contributed by atoms with Crippen molar-refractivity contribution < 1.29 is 35.2 Å². The van der Waals surface area contributed by atoms with Gasteiger partial charge in [-0.3, -0.25) is 0 Å². The molecule has 0 fully saturated rings. The first-order chi connectivity index (χ1) is 12.4. The summed E-state index contributed by atoms with van der Waals surface area (Å²) in [7, 11) is -2.22. The standard InChI is InChI=1S/C15H10ClF5N2O3S/c1-23(2)15(24)22-27(25,26)11-3-6(8(17)4-7(11)16)12-9(18)5-10(19)13(20)14(12)21/h3-5H,1-2H3,(H,22,24). The molecule has 0 saturated heterocycles. The van der Waals surface area contributed by atoms with E-state index in [1.54, 1.807) is 4.72 Å². The molecular formula is C15H10ClF5N2O3S. The smallest absolute Gasteiger partial charge is 0.330 e. The normalized spacial score (nSPS) is 11.4. The molecule has 0 atom stereocenters. The van der Waals surface area contributed by atoms with E-state index in [0.29, 0.717) is 12.1 Å². The van der Waals surface area contributed by atoms with Gasteiger partial charge >= 0.3 is 6.03 Å². The van der Waals surface area contributed by atoms with E-state index in [2.05, 4.69) is 0 Å². The third kappa shape index (κ3) is 3.98. The number of hydrogen-bond acceptors (Lipinski definition) is 3. The highest BCUT2D eigenvalue weighted by molar-refractivity contribution is 7.90. The van der Waals surface area contributed by atoms with Gasteiger partial charge in [0.25, 0.3) is 10.0 Å².